The van der Waals surface area contributed by atoms with Crippen LogP contribution in [0.1, 0.15) is 58.4 Å². The molecule has 1 heterocycles. The molecule has 7 heteroatoms. The number of carbonyl (C=O) groups is 3. The topological polar surface area (TPSA) is 87.7 Å². The molecule has 2 atom stereocenters. The zero-order valence-electron chi connectivity index (χ0n) is 19.1. The van der Waals surface area contributed by atoms with Crippen LogP contribution in [0.2, 0.25) is 0 Å². The Balaban J connectivity index is 1.81. The molecule has 172 valence electrons. The van der Waals surface area contributed by atoms with E-state index < -0.39 is 12.0 Å². The lowest BCUT2D eigenvalue weighted by Crippen LogP contribution is -2.54. The highest BCUT2D eigenvalue weighted by Gasteiger charge is 2.29. The minimum absolute atomic E-state index is 0.00436. The number of rotatable bonds is 11. The zero-order chi connectivity index (χ0) is 22.6. The molecule has 1 aliphatic heterocycles. The minimum atomic E-state index is -0.595. The summed E-state index contributed by atoms with van der Waals surface area (Å²) in [5.74, 6) is -0.833. The maximum atomic E-state index is 12.9. The number of benzene rings is 1. The van der Waals surface area contributed by atoms with Crippen molar-refractivity contribution in [3.05, 3.63) is 35.9 Å². The van der Waals surface area contributed by atoms with Crippen molar-refractivity contribution < 1.29 is 19.1 Å². The maximum absolute atomic E-state index is 12.9. The molecule has 2 amide bonds. The quantitative estimate of drug-likeness (QED) is 0.526. The molecule has 1 fully saturated rings. The summed E-state index contributed by atoms with van der Waals surface area (Å²) in [6, 6.07) is 9.92. The molecule has 2 rings (SSSR count). The fourth-order valence-electron chi connectivity index (χ4n) is 3.76. The van der Waals surface area contributed by atoms with E-state index in [1.54, 1.807) is 6.92 Å². The van der Waals surface area contributed by atoms with Crippen molar-refractivity contribution >= 4 is 17.8 Å². The fraction of sp³-hybridized carbons (Fsp3) is 0.625. The summed E-state index contributed by atoms with van der Waals surface area (Å²) in [4.78, 5) is 39.1. The molecule has 1 saturated heterocycles. The number of likely N-dealkylation sites (tertiary alicyclic amines) is 1. The summed E-state index contributed by atoms with van der Waals surface area (Å²) in [6.45, 7) is 8.76. The predicted molar refractivity (Wildman–Crippen MR) is 120 cm³/mol. The van der Waals surface area contributed by atoms with E-state index in [-0.39, 0.29) is 36.6 Å². The number of esters is 1. The highest BCUT2D eigenvalue weighted by Crippen LogP contribution is 2.15. The number of piperidine rings is 1. The van der Waals surface area contributed by atoms with Crippen LogP contribution in [-0.4, -0.2) is 54.5 Å². The lowest BCUT2D eigenvalue weighted by Gasteiger charge is -2.34. The van der Waals surface area contributed by atoms with Crippen LogP contribution in [0.25, 0.3) is 0 Å². The summed E-state index contributed by atoms with van der Waals surface area (Å²) in [7, 11) is 0. The van der Waals surface area contributed by atoms with Gasteiger partial charge in [-0.1, -0.05) is 50.6 Å². The average molecular weight is 432 g/mol. The second-order valence-electron chi connectivity index (χ2n) is 8.28. The highest BCUT2D eigenvalue weighted by molar-refractivity contribution is 5.89. The van der Waals surface area contributed by atoms with Crippen LogP contribution < -0.4 is 10.6 Å². The van der Waals surface area contributed by atoms with E-state index in [1.165, 1.54) is 5.56 Å². The molecule has 1 aliphatic rings. The van der Waals surface area contributed by atoms with Gasteiger partial charge in [0.15, 0.2) is 0 Å². The summed E-state index contributed by atoms with van der Waals surface area (Å²) in [5.41, 5.74) is 1.30. The molecule has 2 N–H and O–H groups in total. The van der Waals surface area contributed by atoms with E-state index >= 15 is 0 Å². The van der Waals surface area contributed by atoms with Gasteiger partial charge in [-0.3, -0.25) is 19.3 Å². The average Bonchev–Trinajstić information content (AvgIpc) is 2.77. The molecule has 7 nitrogen and oxygen atoms in total. The van der Waals surface area contributed by atoms with Gasteiger partial charge in [0.05, 0.1) is 13.0 Å². The standard InChI is InChI=1S/C24H37N3O4/c1-4-18(3)23(26-21(28)11-12-22(29)31-5-2)24(30)25-20-13-15-27(16-14-20)17-19-9-7-6-8-10-19/h6-10,18,20,23H,4-5,11-17H2,1-3H3,(H,25,30)(H,26,28). The number of nitrogens with one attached hydrogen (secondary N) is 2. The van der Waals surface area contributed by atoms with Crippen molar-refractivity contribution in [2.45, 2.75) is 71.5 Å². The third-order valence-corrected chi connectivity index (χ3v) is 5.86. The fourth-order valence-corrected chi connectivity index (χ4v) is 3.76. The lowest BCUT2D eigenvalue weighted by atomic mass is 9.96. The molecule has 1 aromatic rings. The first-order valence-electron chi connectivity index (χ1n) is 11.4. The number of amides is 2. The second-order valence-corrected chi connectivity index (χ2v) is 8.28. The molecule has 2 unspecified atom stereocenters. The Morgan fingerprint density at radius 3 is 2.39 bits per heavy atom. The first-order chi connectivity index (χ1) is 14.9. The molecule has 1 aromatic carbocycles. The Bertz CT molecular complexity index is 702. The Morgan fingerprint density at radius 1 is 1.10 bits per heavy atom. The number of hydrogen-bond donors (Lipinski definition) is 2. The van der Waals surface area contributed by atoms with Crippen LogP contribution in [0.5, 0.6) is 0 Å². The maximum Gasteiger partial charge on any atom is 0.306 e. The third-order valence-electron chi connectivity index (χ3n) is 5.86. The smallest absolute Gasteiger partial charge is 0.306 e. The molecule has 31 heavy (non-hydrogen) atoms. The number of hydrogen-bond acceptors (Lipinski definition) is 5. The van der Waals surface area contributed by atoms with Gasteiger partial charge in [0.2, 0.25) is 11.8 Å². The minimum Gasteiger partial charge on any atom is -0.466 e. The molecular formula is C24H37N3O4. The summed E-state index contributed by atoms with van der Waals surface area (Å²) in [5, 5.41) is 5.96. The highest BCUT2D eigenvalue weighted by atomic mass is 16.5. The molecule has 0 radical (unpaired) electrons. The van der Waals surface area contributed by atoms with Crippen LogP contribution in [0.15, 0.2) is 30.3 Å². The number of ether oxygens (including phenoxy) is 1. The number of nitrogens with zero attached hydrogens (tertiary/aromatic N) is 1. The Hall–Kier alpha value is -2.41. The van der Waals surface area contributed by atoms with Crippen molar-refractivity contribution in [2.24, 2.45) is 5.92 Å². The zero-order valence-corrected chi connectivity index (χ0v) is 19.1. The van der Waals surface area contributed by atoms with Crippen molar-refractivity contribution in [3.8, 4) is 0 Å². The van der Waals surface area contributed by atoms with Crippen LogP contribution in [-0.2, 0) is 25.7 Å². The lowest BCUT2D eigenvalue weighted by molar-refractivity contribution is -0.144. The molecule has 0 aromatic heterocycles. The predicted octanol–water partition coefficient (Wildman–Crippen LogP) is 2.64. The largest absolute Gasteiger partial charge is 0.466 e. The Labute approximate surface area is 185 Å². The van der Waals surface area contributed by atoms with Crippen molar-refractivity contribution in [2.75, 3.05) is 19.7 Å². The van der Waals surface area contributed by atoms with E-state index in [0.29, 0.717) is 6.61 Å². The third kappa shape index (κ3) is 8.69. The van der Waals surface area contributed by atoms with Gasteiger partial charge in [-0.2, -0.15) is 0 Å². The second kappa shape index (κ2) is 13.1. The van der Waals surface area contributed by atoms with E-state index in [1.807, 2.05) is 19.9 Å². The van der Waals surface area contributed by atoms with Gasteiger partial charge < -0.3 is 15.4 Å². The van der Waals surface area contributed by atoms with Gasteiger partial charge in [0.1, 0.15) is 6.04 Å². The summed E-state index contributed by atoms with van der Waals surface area (Å²) in [6.07, 6.45) is 2.60. The normalized spacial score (nSPS) is 16.9. The van der Waals surface area contributed by atoms with Gasteiger partial charge in [-0.25, -0.2) is 0 Å². The van der Waals surface area contributed by atoms with Crippen molar-refractivity contribution in [1.82, 2.24) is 15.5 Å². The van der Waals surface area contributed by atoms with Crippen molar-refractivity contribution in [3.63, 3.8) is 0 Å². The molecule has 0 spiro atoms. The van der Waals surface area contributed by atoms with Gasteiger partial charge in [-0.15, -0.1) is 0 Å². The van der Waals surface area contributed by atoms with Crippen LogP contribution in [0.4, 0.5) is 0 Å². The van der Waals surface area contributed by atoms with Crippen LogP contribution in [0, 0.1) is 5.92 Å². The van der Waals surface area contributed by atoms with Crippen molar-refractivity contribution in [1.29, 1.82) is 0 Å². The van der Waals surface area contributed by atoms with Gasteiger partial charge in [0, 0.05) is 32.1 Å². The van der Waals surface area contributed by atoms with Crippen LogP contribution in [0.3, 0.4) is 0 Å². The summed E-state index contributed by atoms with van der Waals surface area (Å²) < 4.78 is 4.86. The van der Waals surface area contributed by atoms with E-state index in [0.717, 1.165) is 38.9 Å². The molecule has 0 aliphatic carbocycles. The first-order valence-corrected chi connectivity index (χ1v) is 11.4. The Kier molecular flexibility index (Phi) is 10.5. The van der Waals surface area contributed by atoms with E-state index in [9.17, 15) is 14.4 Å². The molecular weight excluding hydrogens is 394 g/mol. The van der Waals surface area contributed by atoms with Crippen LogP contribution >= 0.6 is 0 Å². The van der Waals surface area contributed by atoms with E-state index in [2.05, 4.69) is 39.8 Å². The monoisotopic (exact) mass is 431 g/mol. The Morgan fingerprint density at radius 2 is 1.77 bits per heavy atom. The summed E-state index contributed by atoms with van der Waals surface area (Å²) >= 11 is 0. The molecule has 0 saturated carbocycles. The van der Waals surface area contributed by atoms with Gasteiger partial charge in [0.25, 0.3) is 0 Å². The first kappa shape index (κ1) is 24.9. The van der Waals surface area contributed by atoms with Gasteiger partial charge >= 0.3 is 5.97 Å². The van der Waals surface area contributed by atoms with E-state index in [4.69, 9.17) is 4.74 Å². The molecule has 0 bridgehead atoms. The SMILES string of the molecule is CCOC(=O)CCC(=O)NC(C(=O)NC1CCN(Cc2ccccc2)CC1)C(C)CC. The van der Waals surface area contributed by atoms with Gasteiger partial charge in [-0.05, 0) is 31.2 Å². The number of carbonyl (C=O) groups excluding carboxylic acids is 3.